The Bertz CT molecular complexity index is 510. The number of nitriles is 1. The molecule has 2 atom stereocenters. The summed E-state index contributed by atoms with van der Waals surface area (Å²) in [6, 6.07) is 8.81. The molecule has 0 bridgehead atoms. The van der Waals surface area contributed by atoms with Crippen LogP contribution in [0.15, 0.2) is 22.7 Å². The molecule has 1 aromatic rings. The minimum atomic E-state index is 0.0900. The third-order valence-corrected chi connectivity index (χ3v) is 5.00. The molecular weight excluding hydrogens is 300 g/mol. The van der Waals surface area contributed by atoms with Gasteiger partial charge in [-0.15, -0.1) is 0 Å². The van der Waals surface area contributed by atoms with Gasteiger partial charge >= 0.3 is 0 Å². The summed E-state index contributed by atoms with van der Waals surface area (Å²) in [6.07, 6.45) is 0. The molecule has 0 N–H and O–H groups in total. The monoisotopic (exact) mass is 320 g/mol. The number of likely N-dealkylation sites (tertiary alicyclic amines) is 1. The number of halogens is 1. The predicted octanol–water partition coefficient (Wildman–Crippen LogP) is 4.10. The van der Waals surface area contributed by atoms with Gasteiger partial charge in [0.15, 0.2) is 0 Å². The van der Waals surface area contributed by atoms with Crippen LogP contribution in [0.1, 0.15) is 37.8 Å². The maximum Gasteiger partial charge on any atom is 0.0676 e. The summed E-state index contributed by atoms with van der Waals surface area (Å²) in [5.74, 6) is 0.411. The zero-order chi connectivity index (χ0) is 14.2. The van der Waals surface area contributed by atoms with Gasteiger partial charge in [-0.1, -0.05) is 28.1 Å². The van der Waals surface area contributed by atoms with Crippen molar-refractivity contribution in [2.24, 2.45) is 5.92 Å². The fourth-order valence-electron chi connectivity index (χ4n) is 2.82. The summed E-state index contributed by atoms with van der Waals surface area (Å²) in [5, 5.41) is 9.45. The van der Waals surface area contributed by atoms with Crippen molar-refractivity contribution in [1.29, 1.82) is 5.26 Å². The molecule has 0 amide bonds. The van der Waals surface area contributed by atoms with Gasteiger partial charge in [-0.3, -0.25) is 4.90 Å². The fourth-order valence-corrected chi connectivity index (χ4v) is 3.20. The molecule has 3 heteroatoms. The molecule has 0 aliphatic carbocycles. The lowest BCUT2D eigenvalue weighted by Gasteiger charge is -2.31. The van der Waals surface area contributed by atoms with Crippen molar-refractivity contribution in [3.8, 4) is 6.07 Å². The topological polar surface area (TPSA) is 27.0 Å². The van der Waals surface area contributed by atoms with E-state index in [1.807, 2.05) is 0 Å². The minimum Gasteiger partial charge on any atom is -0.297 e. The molecule has 1 aromatic carbocycles. The molecule has 0 aromatic heterocycles. The third-order valence-electron chi connectivity index (χ3n) is 4.14. The van der Waals surface area contributed by atoms with Crippen molar-refractivity contribution >= 4 is 15.9 Å². The summed E-state index contributed by atoms with van der Waals surface area (Å²) in [4.78, 5) is 2.42. The van der Waals surface area contributed by atoms with E-state index in [-0.39, 0.29) is 11.5 Å². The van der Waals surface area contributed by atoms with Crippen molar-refractivity contribution in [2.45, 2.75) is 39.2 Å². The van der Waals surface area contributed by atoms with Crippen LogP contribution in [-0.2, 0) is 0 Å². The first-order valence-electron chi connectivity index (χ1n) is 6.74. The van der Waals surface area contributed by atoms with E-state index in [9.17, 15) is 5.26 Å². The standard InChI is InChI=1S/C16H21BrN2/c1-11-13(6-5-7-15(11)17)14-10-19(16(2,3)4)9-12(14)8-18/h5-7,12,14H,9-10H2,1-4H3/t12-,14-/m0/s1. The first kappa shape index (κ1) is 14.6. The lowest BCUT2D eigenvalue weighted by atomic mass is 9.87. The Morgan fingerprint density at radius 1 is 1.32 bits per heavy atom. The van der Waals surface area contributed by atoms with Crippen LogP contribution < -0.4 is 0 Å². The second-order valence-corrected chi connectivity index (χ2v) is 7.23. The van der Waals surface area contributed by atoms with E-state index in [1.54, 1.807) is 0 Å². The van der Waals surface area contributed by atoms with Crippen LogP contribution in [0.4, 0.5) is 0 Å². The average molecular weight is 321 g/mol. The molecule has 19 heavy (non-hydrogen) atoms. The van der Waals surface area contributed by atoms with E-state index in [0.29, 0.717) is 5.92 Å². The van der Waals surface area contributed by atoms with Crippen LogP contribution in [-0.4, -0.2) is 23.5 Å². The van der Waals surface area contributed by atoms with Gasteiger partial charge in [0.1, 0.15) is 0 Å². The Hall–Kier alpha value is -0.850. The average Bonchev–Trinajstić information content (AvgIpc) is 2.76. The van der Waals surface area contributed by atoms with E-state index in [4.69, 9.17) is 0 Å². The van der Waals surface area contributed by atoms with Crippen LogP contribution >= 0.6 is 15.9 Å². The maximum atomic E-state index is 9.45. The summed E-state index contributed by atoms with van der Waals surface area (Å²) in [7, 11) is 0. The summed E-state index contributed by atoms with van der Waals surface area (Å²) < 4.78 is 1.14. The Kier molecular flexibility index (Phi) is 4.03. The Morgan fingerprint density at radius 3 is 2.58 bits per heavy atom. The zero-order valence-corrected chi connectivity index (χ0v) is 13.7. The van der Waals surface area contributed by atoms with Crippen molar-refractivity contribution in [3.63, 3.8) is 0 Å². The van der Waals surface area contributed by atoms with Gasteiger partial charge in [-0.25, -0.2) is 0 Å². The van der Waals surface area contributed by atoms with Gasteiger partial charge < -0.3 is 0 Å². The second-order valence-electron chi connectivity index (χ2n) is 6.37. The normalized spacial score (nSPS) is 24.4. The number of hydrogen-bond donors (Lipinski definition) is 0. The van der Waals surface area contributed by atoms with E-state index >= 15 is 0 Å². The largest absolute Gasteiger partial charge is 0.297 e. The van der Waals surface area contributed by atoms with Crippen LogP contribution in [0.5, 0.6) is 0 Å². The predicted molar refractivity (Wildman–Crippen MR) is 82.0 cm³/mol. The lowest BCUT2D eigenvalue weighted by molar-refractivity contribution is 0.170. The fraction of sp³-hybridized carbons (Fsp3) is 0.562. The molecule has 102 valence electrons. The number of nitrogens with zero attached hydrogens (tertiary/aromatic N) is 2. The van der Waals surface area contributed by atoms with Gasteiger partial charge in [0.2, 0.25) is 0 Å². The van der Waals surface area contributed by atoms with Gasteiger partial charge in [0, 0.05) is 29.0 Å². The quantitative estimate of drug-likeness (QED) is 0.779. The van der Waals surface area contributed by atoms with Crippen LogP contribution in [0.25, 0.3) is 0 Å². The molecule has 0 radical (unpaired) electrons. The molecule has 0 saturated carbocycles. The SMILES string of the molecule is Cc1c(Br)cccc1[C@H]1CN(C(C)(C)C)C[C@@H]1C#N. The Balaban J connectivity index is 2.34. The summed E-state index contributed by atoms with van der Waals surface area (Å²) in [5.41, 5.74) is 2.71. The molecule has 1 aliphatic rings. The highest BCUT2D eigenvalue weighted by molar-refractivity contribution is 9.10. The Labute approximate surface area is 124 Å². The number of rotatable bonds is 1. The molecule has 2 rings (SSSR count). The highest BCUT2D eigenvalue weighted by Gasteiger charge is 2.39. The highest BCUT2D eigenvalue weighted by Crippen LogP contribution is 2.38. The number of benzene rings is 1. The summed E-state index contributed by atoms with van der Waals surface area (Å²) >= 11 is 3.59. The van der Waals surface area contributed by atoms with E-state index < -0.39 is 0 Å². The van der Waals surface area contributed by atoms with Crippen molar-refractivity contribution in [2.75, 3.05) is 13.1 Å². The number of hydrogen-bond acceptors (Lipinski definition) is 2. The smallest absolute Gasteiger partial charge is 0.0676 e. The molecule has 1 saturated heterocycles. The van der Waals surface area contributed by atoms with Crippen molar-refractivity contribution in [1.82, 2.24) is 4.90 Å². The summed E-state index contributed by atoms with van der Waals surface area (Å²) in [6.45, 7) is 10.6. The van der Waals surface area contributed by atoms with Crippen molar-refractivity contribution < 1.29 is 0 Å². The van der Waals surface area contributed by atoms with Crippen LogP contribution in [0.2, 0.25) is 0 Å². The van der Waals surface area contributed by atoms with E-state index in [0.717, 1.165) is 17.6 Å². The molecule has 2 nitrogen and oxygen atoms in total. The molecule has 1 heterocycles. The van der Waals surface area contributed by atoms with Crippen LogP contribution in [0.3, 0.4) is 0 Å². The molecule has 1 aliphatic heterocycles. The first-order valence-corrected chi connectivity index (χ1v) is 7.53. The highest BCUT2D eigenvalue weighted by atomic mass is 79.9. The lowest BCUT2D eigenvalue weighted by Crippen LogP contribution is -2.39. The molecular formula is C16H21BrN2. The maximum absolute atomic E-state index is 9.45. The molecule has 0 spiro atoms. The van der Waals surface area contributed by atoms with Crippen molar-refractivity contribution in [3.05, 3.63) is 33.8 Å². The van der Waals surface area contributed by atoms with E-state index in [2.05, 4.69) is 72.8 Å². The van der Waals surface area contributed by atoms with Crippen LogP contribution in [0, 0.1) is 24.2 Å². The van der Waals surface area contributed by atoms with Gasteiger partial charge in [-0.05, 0) is 44.9 Å². The van der Waals surface area contributed by atoms with Gasteiger partial charge in [0.05, 0.1) is 12.0 Å². The van der Waals surface area contributed by atoms with Gasteiger partial charge in [0.25, 0.3) is 0 Å². The first-order chi connectivity index (χ1) is 8.84. The Morgan fingerprint density at radius 2 is 2.00 bits per heavy atom. The second kappa shape index (κ2) is 5.26. The zero-order valence-electron chi connectivity index (χ0n) is 12.1. The molecule has 1 fully saturated rings. The third kappa shape index (κ3) is 2.85. The van der Waals surface area contributed by atoms with Gasteiger partial charge in [-0.2, -0.15) is 5.26 Å². The molecule has 0 unspecified atom stereocenters. The van der Waals surface area contributed by atoms with E-state index in [1.165, 1.54) is 11.1 Å². The minimum absolute atomic E-state index is 0.0900.